The average Bonchev–Trinajstić information content (AvgIpc) is 3.86. The molecule has 0 saturated heterocycles. The van der Waals surface area contributed by atoms with Gasteiger partial charge >= 0.3 is 0 Å². The summed E-state index contributed by atoms with van der Waals surface area (Å²) in [6, 6.07) is 81.5. The predicted octanol–water partition coefficient (Wildman–Crippen LogP) is 15.7. The first-order chi connectivity index (χ1) is 30.7. The Hall–Kier alpha value is -8.27. The van der Waals surface area contributed by atoms with Crippen LogP contribution in [0.4, 0.5) is 0 Å². The highest BCUT2D eigenvalue weighted by Crippen LogP contribution is 2.40. The molecule has 0 N–H and O–H groups in total. The first-order valence-electron chi connectivity index (χ1n) is 21.3. The SMILES string of the molecule is c1ccc(-n2c3ccccc3c3cc(-c4ccc5c(c4)c4ccccc4n5-c4ccc(-c5ccc(-c6nc7ccccc7c7c6ccc6ccccc67)cc5)cc4)ccc32)cc1. The topological polar surface area (TPSA) is 22.8 Å². The van der Waals surface area contributed by atoms with E-state index in [1.807, 2.05) is 0 Å². The van der Waals surface area contributed by atoms with E-state index in [1.165, 1.54) is 98.5 Å². The normalized spacial score (nSPS) is 11.9. The molecule has 288 valence electrons. The van der Waals surface area contributed by atoms with Crippen LogP contribution in [0.5, 0.6) is 0 Å². The zero-order valence-corrected chi connectivity index (χ0v) is 33.7. The van der Waals surface area contributed by atoms with Crippen molar-refractivity contribution in [1.29, 1.82) is 0 Å². The highest BCUT2D eigenvalue weighted by Gasteiger charge is 2.17. The van der Waals surface area contributed by atoms with E-state index in [0.29, 0.717) is 0 Å². The van der Waals surface area contributed by atoms with E-state index in [9.17, 15) is 0 Å². The maximum atomic E-state index is 5.23. The van der Waals surface area contributed by atoms with Crippen LogP contribution in [0.1, 0.15) is 0 Å². The second-order valence-electron chi connectivity index (χ2n) is 16.3. The summed E-state index contributed by atoms with van der Waals surface area (Å²) in [7, 11) is 0. The van der Waals surface area contributed by atoms with Crippen LogP contribution in [0.3, 0.4) is 0 Å². The van der Waals surface area contributed by atoms with Crippen LogP contribution in [0.15, 0.2) is 224 Å². The van der Waals surface area contributed by atoms with Gasteiger partial charge in [-0.2, -0.15) is 0 Å². The van der Waals surface area contributed by atoms with Gasteiger partial charge in [-0.15, -0.1) is 0 Å². The zero-order valence-electron chi connectivity index (χ0n) is 33.7. The number of hydrogen-bond acceptors (Lipinski definition) is 1. The van der Waals surface area contributed by atoms with Crippen LogP contribution in [0, 0.1) is 0 Å². The van der Waals surface area contributed by atoms with Crippen molar-refractivity contribution in [3.05, 3.63) is 224 Å². The minimum Gasteiger partial charge on any atom is -0.309 e. The minimum atomic E-state index is 1.01. The summed E-state index contributed by atoms with van der Waals surface area (Å²) in [5, 5.41) is 11.1. The van der Waals surface area contributed by atoms with Gasteiger partial charge in [-0.05, 0) is 99.8 Å². The third kappa shape index (κ3) is 5.28. The first kappa shape index (κ1) is 34.6. The fourth-order valence-corrected chi connectivity index (χ4v) is 10.0. The lowest BCUT2D eigenvalue weighted by Gasteiger charge is -2.13. The van der Waals surface area contributed by atoms with Crippen molar-refractivity contribution in [2.24, 2.45) is 0 Å². The lowest BCUT2D eigenvalue weighted by Crippen LogP contribution is -1.94. The number of hydrogen-bond donors (Lipinski definition) is 0. The summed E-state index contributed by atoms with van der Waals surface area (Å²) in [6.07, 6.45) is 0. The van der Waals surface area contributed by atoms with Crippen LogP contribution in [-0.2, 0) is 0 Å². The van der Waals surface area contributed by atoms with E-state index >= 15 is 0 Å². The number of rotatable bonds is 5. The van der Waals surface area contributed by atoms with Crippen LogP contribution in [-0.4, -0.2) is 14.1 Å². The molecular formula is C59H37N3. The molecule has 0 radical (unpaired) electrons. The van der Waals surface area contributed by atoms with Crippen molar-refractivity contribution in [1.82, 2.24) is 14.1 Å². The molecule has 10 aromatic carbocycles. The molecular weight excluding hydrogens is 751 g/mol. The number of nitrogens with zero attached hydrogens (tertiary/aromatic N) is 3. The highest BCUT2D eigenvalue weighted by atomic mass is 15.0. The Balaban J connectivity index is 0.863. The van der Waals surface area contributed by atoms with Gasteiger partial charge in [0.15, 0.2) is 0 Å². The molecule has 3 aromatic heterocycles. The molecule has 0 aliphatic rings. The molecule has 62 heavy (non-hydrogen) atoms. The molecule has 0 saturated carbocycles. The van der Waals surface area contributed by atoms with E-state index < -0.39 is 0 Å². The molecule has 13 rings (SSSR count). The molecule has 3 heteroatoms. The fourth-order valence-electron chi connectivity index (χ4n) is 10.0. The molecule has 0 unspecified atom stereocenters. The number of fused-ring (bicyclic) bond motifs is 11. The van der Waals surface area contributed by atoms with Gasteiger partial charge < -0.3 is 9.13 Å². The molecule has 0 spiro atoms. The van der Waals surface area contributed by atoms with E-state index in [1.54, 1.807) is 0 Å². The van der Waals surface area contributed by atoms with Gasteiger partial charge in [0.05, 0.1) is 33.3 Å². The average molecular weight is 788 g/mol. The van der Waals surface area contributed by atoms with Crippen molar-refractivity contribution in [2.75, 3.05) is 0 Å². The van der Waals surface area contributed by atoms with Crippen molar-refractivity contribution >= 4 is 76.1 Å². The summed E-state index contributed by atoms with van der Waals surface area (Å²) < 4.78 is 4.77. The minimum absolute atomic E-state index is 1.01. The van der Waals surface area contributed by atoms with E-state index in [4.69, 9.17) is 4.98 Å². The van der Waals surface area contributed by atoms with Gasteiger partial charge in [0.25, 0.3) is 0 Å². The summed E-state index contributed by atoms with van der Waals surface area (Å²) in [5.74, 6) is 0. The van der Waals surface area contributed by atoms with Crippen LogP contribution in [0.25, 0.3) is 121 Å². The number of para-hydroxylation sites is 4. The molecule has 0 amide bonds. The highest BCUT2D eigenvalue weighted by molar-refractivity contribution is 6.22. The predicted molar refractivity (Wildman–Crippen MR) is 262 cm³/mol. The molecule has 0 aliphatic heterocycles. The lowest BCUT2D eigenvalue weighted by atomic mass is 9.94. The second kappa shape index (κ2) is 13.6. The first-order valence-corrected chi connectivity index (χ1v) is 21.3. The smallest absolute Gasteiger partial charge is 0.0788 e. The Labute approximate surface area is 358 Å². The number of pyridine rings is 1. The second-order valence-corrected chi connectivity index (χ2v) is 16.3. The largest absolute Gasteiger partial charge is 0.309 e. The van der Waals surface area contributed by atoms with Gasteiger partial charge in [-0.1, -0.05) is 158 Å². The molecule has 13 aromatic rings. The summed E-state index contributed by atoms with van der Waals surface area (Å²) in [5.41, 5.74) is 15.0. The van der Waals surface area contributed by atoms with Crippen LogP contribution < -0.4 is 0 Å². The third-order valence-corrected chi connectivity index (χ3v) is 12.9. The van der Waals surface area contributed by atoms with E-state index in [2.05, 4.69) is 234 Å². The van der Waals surface area contributed by atoms with E-state index in [-0.39, 0.29) is 0 Å². The van der Waals surface area contributed by atoms with Gasteiger partial charge in [-0.25, -0.2) is 4.98 Å². The number of aromatic nitrogens is 3. The van der Waals surface area contributed by atoms with Crippen LogP contribution >= 0.6 is 0 Å². The Kier molecular flexibility index (Phi) is 7.60. The van der Waals surface area contributed by atoms with Crippen molar-refractivity contribution < 1.29 is 0 Å². The van der Waals surface area contributed by atoms with Gasteiger partial charge in [-0.3, -0.25) is 0 Å². The molecule has 0 aliphatic carbocycles. The Morgan fingerprint density at radius 2 is 0.742 bits per heavy atom. The lowest BCUT2D eigenvalue weighted by molar-refractivity contribution is 1.18. The standard InChI is InChI=1S/C59H37N3/c1-2-13-44(14-3-1)61-54-20-10-7-16-47(54)51-36-42(29-34-56(51)61)43-30-35-57-52(37-43)48-17-8-11-21-55(48)62(57)45-31-26-39(27-32-45)38-22-24-41(25-23-38)59-50-33-28-40-12-4-5-15-46(40)58(50)49-18-6-9-19-53(49)60-59/h1-37H. The maximum Gasteiger partial charge on any atom is 0.0788 e. The molecule has 3 heterocycles. The van der Waals surface area contributed by atoms with Crippen LogP contribution in [0.2, 0.25) is 0 Å². The summed E-state index contributed by atoms with van der Waals surface area (Å²) in [6.45, 7) is 0. The number of benzene rings is 10. The van der Waals surface area contributed by atoms with Gasteiger partial charge in [0.1, 0.15) is 0 Å². The zero-order chi connectivity index (χ0) is 40.7. The summed E-state index contributed by atoms with van der Waals surface area (Å²) >= 11 is 0. The quantitative estimate of drug-likeness (QED) is 0.159. The molecule has 0 bridgehead atoms. The van der Waals surface area contributed by atoms with Gasteiger partial charge in [0.2, 0.25) is 0 Å². The Bertz CT molecular complexity index is 3880. The summed E-state index contributed by atoms with van der Waals surface area (Å²) in [4.78, 5) is 5.23. The Morgan fingerprint density at radius 3 is 1.39 bits per heavy atom. The third-order valence-electron chi connectivity index (χ3n) is 12.9. The molecule has 3 nitrogen and oxygen atoms in total. The maximum absolute atomic E-state index is 5.23. The molecule has 0 atom stereocenters. The van der Waals surface area contributed by atoms with Crippen molar-refractivity contribution in [3.63, 3.8) is 0 Å². The fraction of sp³-hybridized carbons (Fsp3) is 0. The van der Waals surface area contributed by atoms with Crippen molar-refractivity contribution in [2.45, 2.75) is 0 Å². The Morgan fingerprint density at radius 1 is 0.274 bits per heavy atom. The molecule has 0 fully saturated rings. The van der Waals surface area contributed by atoms with Crippen molar-refractivity contribution in [3.8, 4) is 44.9 Å². The monoisotopic (exact) mass is 787 g/mol. The van der Waals surface area contributed by atoms with Gasteiger partial charge in [0, 0.05) is 54.6 Å². The van der Waals surface area contributed by atoms with E-state index in [0.717, 1.165) is 22.5 Å².